The zero-order valence-electron chi connectivity index (χ0n) is 30.8. The van der Waals surface area contributed by atoms with Gasteiger partial charge in [0.1, 0.15) is 0 Å². The molecular formula is C53H37NS. The number of nitrogens with zero attached hydrogens (tertiary/aromatic N) is 1. The summed E-state index contributed by atoms with van der Waals surface area (Å²) < 4.78 is 2.66. The largest absolute Gasteiger partial charge is 0.310 e. The molecule has 11 rings (SSSR count). The minimum atomic E-state index is -0.152. The van der Waals surface area contributed by atoms with Crippen molar-refractivity contribution >= 4 is 70.1 Å². The number of benzene rings is 9. The Bertz CT molecular complexity index is 3110. The van der Waals surface area contributed by atoms with Crippen LogP contribution in [0.25, 0.3) is 75.1 Å². The third kappa shape index (κ3) is 4.99. The predicted octanol–water partition coefficient (Wildman–Crippen LogP) is 15.5. The zero-order valence-corrected chi connectivity index (χ0v) is 31.6. The van der Waals surface area contributed by atoms with Crippen LogP contribution in [0.1, 0.15) is 25.0 Å². The van der Waals surface area contributed by atoms with Gasteiger partial charge in [-0.15, -0.1) is 11.3 Å². The summed E-state index contributed by atoms with van der Waals surface area (Å²) in [6.07, 6.45) is 0. The highest BCUT2D eigenvalue weighted by Gasteiger charge is 2.39. The summed E-state index contributed by atoms with van der Waals surface area (Å²) in [6.45, 7) is 4.78. The molecule has 55 heavy (non-hydrogen) atoms. The highest BCUT2D eigenvalue weighted by atomic mass is 32.1. The van der Waals surface area contributed by atoms with E-state index < -0.39 is 0 Å². The molecule has 1 aliphatic carbocycles. The highest BCUT2D eigenvalue weighted by molar-refractivity contribution is 7.25. The minimum Gasteiger partial charge on any atom is -0.310 e. The quantitative estimate of drug-likeness (QED) is 0.171. The Morgan fingerprint density at radius 2 is 1.00 bits per heavy atom. The maximum atomic E-state index is 2.48. The van der Waals surface area contributed by atoms with Crippen LogP contribution in [0.3, 0.4) is 0 Å². The van der Waals surface area contributed by atoms with Gasteiger partial charge in [-0.25, -0.2) is 0 Å². The summed E-state index contributed by atoms with van der Waals surface area (Å²) in [4.78, 5) is 2.48. The van der Waals surface area contributed by atoms with E-state index >= 15 is 0 Å². The third-order valence-electron chi connectivity index (χ3n) is 11.8. The molecule has 2 heteroatoms. The van der Waals surface area contributed by atoms with Crippen LogP contribution >= 0.6 is 11.3 Å². The lowest BCUT2D eigenvalue weighted by Crippen LogP contribution is -2.16. The van der Waals surface area contributed by atoms with Crippen LogP contribution in [0.15, 0.2) is 188 Å². The first-order valence-corrected chi connectivity index (χ1v) is 19.9. The fraction of sp³-hybridized carbons (Fsp3) is 0.0566. The van der Waals surface area contributed by atoms with Gasteiger partial charge in [0.15, 0.2) is 0 Å². The van der Waals surface area contributed by atoms with E-state index in [0.29, 0.717) is 0 Å². The van der Waals surface area contributed by atoms with Crippen molar-refractivity contribution in [1.29, 1.82) is 0 Å². The van der Waals surface area contributed by atoms with E-state index in [1.54, 1.807) is 0 Å². The topological polar surface area (TPSA) is 3.24 Å². The van der Waals surface area contributed by atoms with Gasteiger partial charge < -0.3 is 4.90 Å². The molecule has 0 saturated heterocycles. The van der Waals surface area contributed by atoms with E-state index in [0.717, 1.165) is 11.4 Å². The fourth-order valence-corrected chi connectivity index (χ4v) is 10.4. The Balaban J connectivity index is 1.10. The second-order valence-corrected chi connectivity index (χ2v) is 16.4. The van der Waals surface area contributed by atoms with Gasteiger partial charge in [0.25, 0.3) is 0 Å². The Hall–Kier alpha value is -6.48. The summed E-state index contributed by atoms with van der Waals surface area (Å²) in [5, 5.41) is 7.76. The van der Waals surface area contributed by atoms with E-state index in [1.807, 2.05) is 11.3 Å². The van der Waals surface area contributed by atoms with Crippen LogP contribution in [-0.4, -0.2) is 0 Å². The number of hydrogen-bond donors (Lipinski definition) is 0. The lowest BCUT2D eigenvalue weighted by Gasteiger charge is -2.30. The number of fused-ring (bicyclic) bond motifs is 9. The van der Waals surface area contributed by atoms with Crippen molar-refractivity contribution in [3.63, 3.8) is 0 Å². The van der Waals surface area contributed by atoms with E-state index in [1.165, 1.54) is 91.9 Å². The Labute approximate surface area is 325 Å². The standard InChI is InChI=1S/C53H37NS/c1-53(2)47-20-9-7-18-46(47)51-48(32-38-13-4-6-16-43(38)52(51)53)54(40-29-24-36(25-30-40)42-19-11-14-35-12-3-5-15-41(35)42)39-27-22-34(23-28-39)37-26-31-45-44-17-8-10-21-49(44)55-50(45)33-37/h3-33H,1-2H3. The summed E-state index contributed by atoms with van der Waals surface area (Å²) in [5.41, 5.74) is 13.6. The van der Waals surface area contributed by atoms with Crippen molar-refractivity contribution in [2.45, 2.75) is 19.3 Å². The average molecular weight is 720 g/mol. The van der Waals surface area contributed by atoms with Crippen molar-refractivity contribution in [2.24, 2.45) is 0 Å². The van der Waals surface area contributed by atoms with Gasteiger partial charge in [-0.3, -0.25) is 0 Å². The molecule has 0 unspecified atom stereocenters. The van der Waals surface area contributed by atoms with Crippen LogP contribution in [0, 0.1) is 0 Å². The van der Waals surface area contributed by atoms with E-state index in [4.69, 9.17) is 0 Å². The predicted molar refractivity (Wildman–Crippen MR) is 237 cm³/mol. The molecule has 0 bridgehead atoms. The monoisotopic (exact) mass is 719 g/mol. The van der Waals surface area contributed by atoms with E-state index in [9.17, 15) is 0 Å². The smallest absolute Gasteiger partial charge is 0.0549 e. The lowest BCUT2D eigenvalue weighted by molar-refractivity contribution is 0.666. The van der Waals surface area contributed by atoms with Gasteiger partial charge >= 0.3 is 0 Å². The molecule has 0 atom stereocenters. The molecule has 0 N–H and O–H groups in total. The van der Waals surface area contributed by atoms with Crippen LogP contribution in [0.5, 0.6) is 0 Å². The molecule has 0 radical (unpaired) electrons. The summed E-state index contributed by atoms with van der Waals surface area (Å²) in [5.74, 6) is 0. The summed E-state index contributed by atoms with van der Waals surface area (Å²) in [6, 6.07) is 69.6. The summed E-state index contributed by atoms with van der Waals surface area (Å²) in [7, 11) is 0. The molecular weight excluding hydrogens is 683 g/mol. The third-order valence-corrected chi connectivity index (χ3v) is 13.0. The first-order chi connectivity index (χ1) is 27.0. The van der Waals surface area contributed by atoms with Crippen molar-refractivity contribution in [3.8, 4) is 33.4 Å². The van der Waals surface area contributed by atoms with Gasteiger partial charge in [0, 0.05) is 42.5 Å². The molecule has 1 aromatic heterocycles. The number of hydrogen-bond acceptors (Lipinski definition) is 2. The molecule has 1 aliphatic rings. The Morgan fingerprint density at radius 1 is 0.418 bits per heavy atom. The first kappa shape index (κ1) is 32.0. The molecule has 1 nitrogen and oxygen atoms in total. The fourth-order valence-electron chi connectivity index (χ4n) is 9.21. The summed E-state index contributed by atoms with van der Waals surface area (Å²) >= 11 is 1.87. The van der Waals surface area contributed by atoms with Crippen molar-refractivity contribution in [2.75, 3.05) is 4.90 Å². The molecule has 0 spiro atoms. The highest BCUT2D eigenvalue weighted by Crippen LogP contribution is 2.56. The second kappa shape index (κ2) is 12.3. The van der Waals surface area contributed by atoms with Gasteiger partial charge in [0.2, 0.25) is 0 Å². The van der Waals surface area contributed by atoms with Crippen LogP contribution < -0.4 is 4.90 Å². The molecule has 0 saturated carbocycles. The average Bonchev–Trinajstić information content (AvgIpc) is 3.73. The zero-order chi connectivity index (χ0) is 36.7. The molecule has 0 aliphatic heterocycles. The maximum absolute atomic E-state index is 2.48. The molecule has 9 aromatic carbocycles. The van der Waals surface area contributed by atoms with Crippen LogP contribution in [0.4, 0.5) is 17.1 Å². The molecule has 260 valence electrons. The Kier molecular flexibility index (Phi) is 7.14. The van der Waals surface area contributed by atoms with Gasteiger partial charge in [0.05, 0.1) is 5.69 Å². The van der Waals surface area contributed by atoms with Gasteiger partial charge in [-0.2, -0.15) is 0 Å². The SMILES string of the molecule is CC1(C)c2ccccc2-c2c(N(c3ccc(-c4ccc5c(c4)sc4ccccc45)cc3)c3ccc(-c4cccc5ccccc45)cc3)cc3ccccc3c21. The lowest BCUT2D eigenvalue weighted by atomic mass is 9.80. The first-order valence-electron chi connectivity index (χ1n) is 19.1. The second-order valence-electron chi connectivity index (χ2n) is 15.3. The number of thiophene rings is 1. The van der Waals surface area contributed by atoms with Crippen molar-refractivity contribution < 1.29 is 0 Å². The Morgan fingerprint density at radius 3 is 1.80 bits per heavy atom. The molecule has 10 aromatic rings. The number of rotatable bonds is 5. The minimum absolute atomic E-state index is 0.152. The van der Waals surface area contributed by atoms with Crippen molar-refractivity contribution in [1.82, 2.24) is 0 Å². The maximum Gasteiger partial charge on any atom is 0.0549 e. The van der Waals surface area contributed by atoms with Crippen molar-refractivity contribution in [3.05, 3.63) is 199 Å². The molecule has 0 fully saturated rings. The van der Waals surface area contributed by atoms with Gasteiger partial charge in [-0.05, 0) is 103 Å². The van der Waals surface area contributed by atoms with Crippen LogP contribution in [0.2, 0.25) is 0 Å². The number of anilines is 3. The van der Waals surface area contributed by atoms with E-state index in [2.05, 4.69) is 207 Å². The molecule has 1 heterocycles. The molecule has 0 amide bonds. The normalized spacial score (nSPS) is 13.1. The van der Waals surface area contributed by atoms with Gasteiger partial charge in [-0.1, -0.05) is 159 Å². The van der Waals surface area contributed by atoms with Crippen LogP contribution in [-0.2, 0) is 5.41 Å². The van der Waals surface area contributed by atoms with E-state index in [-0.39, 0.29) is 5.41 Å².